The maximum absolute atomic E-state index is 12.8. The van der Waals surface area contributed by atoms with Crippen LogP contribution in [0.15, 0.2) is 48.5 Å². The molecule has 2 N–H and O–H groups in total. The van der Waals surface area contributed by atoms with Gasteiger partial charge in [0.05, 0.1) is 18.8 Å². The molecule has 0 saturated heterocycles. The second-order valence-electron chi connectivity index (χ2n) is 4.95. The molecule has 0 spiro atoms. The fraction of sp³-hybridized carbons (Fsp3) is 0.278. The van der Waals surface area contributed by atoms with Crippen LogP contribution >= 0.6 is 0 Å². The standard InChI is InChI=1S/C18H21FN2O3/c1-2-23-11-12-24-17-6-4-3-5-16(17)21-18(22)13-20-15-9-7-14(19)8-10-15/h3-10,20H,2,11-13H2,1H3,(H,21,22). The Kier molecular flexibility index (Phi) is 7.04. The van der Waals surface area contributed by atoms with E-state index in [0.717, 1.165) is 0 Å². The zero-order chi connectivity index (χ0) is 17.2. The highest BCUT2D eigenvalue weighted by atomic mass is 19.1. The van der Waals surface area contributed by atoms with Crippen molar-refractivity contribution in [1.82, 2.24) is 0 Å². The van der Waals surface area contributed by atoms with E-state index in [1.165, 1.54) is 12.1 Å². The van der Waals surface area contributed by atoms with Crippen molar-refractivity contribution < 1.29 is 18.7 Å². The van der Waals surface area contributed by atoms with Gasteiger partial charge in [-0.2, -0.15) is 0 Å². The number of hydrogen-bond acceptors (Lipinski definition) is 4. The number of hydrogen-bond donors (Lipinski definition) is 2. The van der Waals surface area contributed by atoms with Gasteiger partial charge in [-0.1, -0.05) is 12.1 Å². The van der Waals surface area contributed by atoms with Gasteiger partial charge in [-0.25, -0.2) is 4.39 Å². The van der Waals surface area contributed by atoms with Gasteiger partial charge < -0.3 is 20.1 Å². The number of nitrogens with one attached hydrogen (secondary N) is 2. The largest absolute Gasteiger partial charge is 0.489 e. The number of para-hydroxylation sites is 2. The Balaban J connectivity index is 1.85. The van der Waals surface area contributed by atoms with E-state index in [2.05, 4.69) is 10.6 Å². The van der Waals surface area contributed by atoms with Gasteiger partial charge >= 0.3 is 0 Å². The van der Waals surface area contributed by atoms with Gasteiger partial charge in [0.15, 0.2) is 0 Å². The summed E-state index contributed by atoms with van der Waals surface area (Å²) in [5.41, 5.74) is 1.27. The molecule has 2 aromatic rings. The first-order chi connectivity index (χ1) is 11.7. The summed E-state index contributed by atoms with van der Waals surface area (Å²) in [7, 11) is 0. The molecule has 0 radical (unpaired) electrons. The monoisotopic (exact) mass is 332 g/mol. The summed E-state index contributed by atoms with van der Waals surface area (Å²) in [6.45, 7) is 3.53. The summed E-state index contributed by atoms with van der Waals surface area (Å²) in [5, 5.41) is 5.72. The molecule has 128 valence electrons. The van der Waals surface area contributed by atoms with Crippen molar-refractivity contribution in [2.45, 2.75) is 6.92 Å². The minimum Gasteiger partial charge on any atom is -0.489 e. The molecule has 0 aromatic heterocycles. The van der Waals surface area contributed by atoms with Crippen LogP contribution in [-0.2, 0) is 9.53 Å². The van der Waals surface area contributed by atoms with E-state index in [9.17, 15) is 9.18 Å². The fourth-order valence-corrected chi connectivity index (χ4v) is 2.00. The predicted molar refractivity (Wildman–Crippen MR) is 91.9 cm³/mol. The van der Waals surface area contributed by atoms with E-state index in [-0.39, 0.29) is 18.3 Å². The Hall–Kier alpha value is -2.60. The molecule has 24 heavy (non-hydrogen) atoms. The molecule has 0 saturated carbocycles. The first kappa shape index (κ1) is 17.7. The van der Waals surface area contributed by atoms with Crippen LogP contribution in [0.4, 0.5) is 15.8 Å². The first-order valence-electron chi connectivity index (χ1n) is 7.78. The number of ether oxygens (including phenoxy) is 2. The SMILES string of the molecule is CCOCCOc1ccccc1NC(=O)CNc1ccc(F)cc1. The van der Waals surface area contributed by atoms with Crippen LogP contribution in [0.1, 0.15) is 6.92 Å². The Bertz CT molecular complexity index is 647. The van der Waals surface area contributed by atoms with E-state index in [1.807, 2.05) is 19.1 Å². The minimum atomic E-state index is -0.317. The smallest absolute Gasteiger partial charge is 0.243 e. The molecule has 5 nitrogen and oxygen atoms in total. The molecule has 0 unspecified atom stereocenters. The molecule has 0 heterocycles. The maximum Gasteiger partial charge on any atom is 0.243 e. The van der Waals surface area contributed by atoms with E-state index in [0.29, 0.717) is 36.9 Å². The third-order valence-corrected chi connectivity index (χ3v) is 3.15. The summed E-state index contributed by atoms with van der Waals surface area (Å²) < 4.78 is 23.7. The normalized spacial score (nSPS) is 10.2. The zero-order valence-electron chi connectivity index (χ0n) is 13.5. The van der Waals surface area contributed by atoms with Crippen LogP contribution in [0.5, 0.6) is 5.75 Å². The quantitative estimate of drug-likeness (QED) is 0.692. The highest BCUT2D eigenvalue weighted by molar-refractivity contribution is 5.95. The molecule has 2 rings (SSSR count). The molecule has 0 aliphatic rings. The lowest BCUT2D eigenvalue weighted by Crippen LogP contribution is -2.22. The summed E-state index contributed by atoms with van der Waals surface area (Å²) in [6, 6.07) is 13.0. The number of amides is 1. The molecule has 0 fully saturated rings. The maximum atomic E-state index is 12.8. The molecule has 1 amide bonds. The van der Waals surface area contributed by atoms with Gasteiger partial charge in [0, 0.05) is 12.3 Å². The number of anilines is 2. The van der Waals surface area contributed by atoms with Crippen LogP contribution < -0.4 is 15.4 Å². The Morgan fingerprint density at radius 3 is 2.58 bits per heavy atom. The van der Waals surface area contributed by atoms with E-state index in [4.69, 9.17) is 9.47 Å². The van der Waals surface area contributed by atoms with Gasteiger partial charge in [-0.05, 0) is 43.3 Å². The molecule has 0 bridgehead atoms. The molecule has 0 aliphatic carbocycles. The second kappa shape index (κ2) is 9.52. The molecule has 0 atom stereocenters. The summed E-state index contributed by atoms with van der Waals surface area (Å²) in [4.78, 5) is 12.1. The van der Waals surface area contributed by atoms with Crippen molar-refractivity contribution in [3.05, 3.63) is 54.3 Å². The molecule has 6 heteroatoms. The lowest BCUT2D eigenvalue weighted by molar-refractivity contribution is -0.114. The van der Waals surface area contributed by atoms with Crippen molar-refractivity contribution >= 4 is 17.3 Å². The number of halogens is 1. The number of benzene rings is 2. The topological polar surface area (TPSA) is 59.6 Å². The number of carbonyl (C=O) groups excluding carboxylic acids is 1. The fourth-order valence-electron chi connectivity index (χ4n) is 2.00. The average Bonchev–Trinajstić information content (AvgIpc) is 2.59. The van der Waals surface area contributed by atoms with Gasteiger partial charge in [0.1, 0.15) is 18.2 Å². The van der Waals surface area contributed by atoms with Crippen molar-refractivity contribution in [2.24, 2.45) is 0 Å². The minimum absolute atomic E-state index is 0.0684. The Morgan fingerprint density at radius 1 is 1.08 bits per heavy atom. The van der Waals surface area contributed by atoms with E-state index in [1.54, 1.807) is 24.3 Å². The summed E-state index contributed by atoms with van der Waals surface area (Å²) in [5.74, 6) is 0.0515. The Labute approximate surface area is 140 Å². The highest BCUT2D eigenvalue weighted by Gasteiger charge is 2.07. The predicted octanol–water partition coefficient (Wildman–Crippen LogP) is 3.29. The third kappa shape index (κ3) is 5.89. The van der Waals surface area contributed by atoms with E-state index >= 15 is 0 Å². The van der Waals surface area contributed by atoms with Crippen LogP contribution in [0.3, 0.4) is 0 Å². The highest BCUT2D eigenvalue weighted by Crippen LogP contribution is 2.23. The van der Waals surface area contributed by atoms with Gasteiger partial charge in [0.2, 0.25) is 5.91 Å². The zero-order valence-corrected chi connectivity index (χ0v) is 13.5. The summed E-state index contributed by atoms with van der Waals surface area (Å²) >= 11 is 0. The Morgan fingerprint density at radius 2 is 1.83 bits per heavy atom. The van der Waals surface area contributed by atoms with Gasteiger partial charge in [-0.3, -0.25) is 4.79 Å². The molecule has 2 aromatic carbocycles. The van der Waals surface area contributed by atoms with Crippen molar-refractivity contribution in [3.63, 3.8) is 0 Å². The van der Waals surface area contributed by atoms with Crippen LogP contribution in [-0.4, -0.2) is 32.3 Å². The first-order valence-corrected chi connectivity index (χ1v) is 7.78. The van der Waals surface area contributed by atoms with Crippen LogP contribution in [0.2, 0.25) is 0 Å². The van der Waals surface area contributed by atoms with Crippen molar-refractivity contribution in [3.8, 4) is 5.75 Å². The average molecular weight is 332 g/mol. The third-order valence-electron chi connectivity index (χ3n) is 3.15. The molecular weight excluding hydrogens is 311 g/mol. The molecular formula is C18H21FN2O3. The van der Waals surface area contributed by atoms with Crippen molar-refractivity contribution in [1.29, 1.82) is 0 Å². The number of rotatable bonds is 9. The van der Waals surface area contributed by atoms with E-state index < -0.39 is 0 Å². The lowest BCUT2D eigenvalue weighted by Gasteiger charge is -2.13. The van der Waals surface area contributed by atoms with Crippen LogP contribution in [0.25, 0.3) is 0 Å². The second-order valence-corrected chi connectivity index (χ2v) is 4.95. The number of carbonyl (C=O) groups is 1. The lowest BCUT2D eigenvalue weighted by atomic mass is 10.3. The summed E-state index contributed by atoms with van der Waals surface area (Å²) in [6.07, 6.45) is 0. The molecule has 0 aliphatic heterocycles. The van der Waals surface area contributed by atoms with Gasteiger partial charge in [0.25, 0.3) is 0 Å². The van der Waals surface area contributed by atoms with Gasteiger partial charge in [-0.15, -0.1) is 0 Å². The van der Waals surface area contributed by atoms with Crippen LogP contribution in [0, 0.1) is 5.82 Å². The van der Waals surface area contributed by atoms with Crippen molar-refractivity contribution in [2.75, 3.05) is 37.0 Å².